The number of carbonyl (C=O) groups is 1. The van der Waals surface area contributed by atoms with Crippen LogP contribution in [0.1, 0.15) is 39.7 Å². The maximum atomic E-state index is 13.6. The van der Waals surface area contributed by atoms with E-state index >= 15 is 0 Å². The molecule has 39 heavy (non-hydrogen) atoms. The summed E-state index contributed by atoms with van der Waals surface area (Å²) in [4.78, 5) is 23.8. The van der Waals surface area contributed by atoms with Crippen molar-refractivity contribution in [3.8, 4) is 5.69 Å². The largest absolute Gasteiger partial charge is 0.416 e. The van der Waals surface area contributed by atoms with Crippen molar-refractivity contribution >= 4 is 22.9 Å². The van der Waals surface area contributed by atoms with E-state index in [-0.39, 0.29) is 11.4 Å². The fourth-order valence-electron chi connectivity index (χ4n) is 4.30. The minimum atomic E-state index is -4.58. The van der Waals surface area contributed by atoms with Crippen molar-refractivity contribution in [1.82, 2.24) is 24.1 Å². The molecule has 3 aromatic heterocycles. The highest BCUT2D eigenvalue weighted by molar-refractivity contribution is 6.04. The molecule has 0 saturated carbocycles. The smallest absolute Gasteiger partial charge is 0.365 e. The first kappa shape index (κ1) is 26.0. The van der Waals surface area contributed by atoms with Crippen molar-refractivity contribution in [2.75, 3.05) is 16.8 Å². The molecule has 0 atom stereocenters. The Morgan fingerprint density at radius 3 is 2.59 bits per heavy atom. The van der Waals surface area contributed by atoms with Crippen LogP contribution in [-0.4, -0.2) is 36.6 Å². The second kappa shape index (κ2) is 10.2. The number of hydrogen-bond acceptors (Lipinski definition) is 5. The van der Waals surface area contributed by atoms with Crippen molar-refractivity contribution in [1.29, 1.82) is 0 Å². The normalized spacial score (nSPS) is 11.6. The first-order valence-electron chi connectivity index (χ1n) is 12.3. The van der Waals surface area contributed by atoms with Crippen LogP contribution in [0.25, 0.3) is 11.3 Å². The maximum absolute atomic E-state index is 13.6. The van der Waals surface area contributed by atoms with E-state index in [0.717, 1.165) is 34.6 Å². The maximum Gasteiger partial charge on any atom is 0.416 e. The number of carbonyl (C=O) groups excluding carboxylic acids is 1. The number of halogens is 3. The Hall–Kier alpha value is -4.67. The van der Waals surface area contributed by atoms with Crippen LogP contribution in [0.15, 0.2) is 73.6 Å². The third kappa shape index (κ3) is 5.62. The number of anilines is 2. The molecule has 5 aromatic rings. The van der Waals surface area contributed by atoms with Crippen LogP contribution in [0.2, 0.25) is 0 Å². The summed E-state index contributed by atoms with van der Waals surface area (Å²) in [6, 6.07) is 10.5. The summed E-state index contributed by atoms with van der Waals surface area (Å²) in [7, 11) is 0. The molecule has 0 aliphatic carbocycles. The predicted molar refractivity (Wildman–Crippen MR) is 142 cm³/mol. The third-order valence-electron chi connectivity index (χ3n) is 6.47. The molecule has 3 heterocycles. The molecule has 8 nitrogen and oxygen atoms in total. The summed E-state index contributed by atoms with van der Waals surface area (Å²) >= 11 is 0. The summed E-state index contributed by atoms with van der Waals surface area (Å²) in [5.41, 5.74) is 3.90. The lowest BCUT2D eigenvalue weighted by Gasteiger charge is -2.24. The van der Waals surface area contributed by atoms with Crippen LogP contribution in [0.3, 0.4) is 0 Å². The number of rotatable bonds is 7. The number of nitrogens with one attached hydrogen (secondary N) is 1. The summed E-state index contributed by atoms with van der Waals surface area (Å²) in [6.45, 7) is 6.91. The number of fused-ring (bicyclic) bond motifs is 1. The van der Waals surface area contributed by atoms with Crippen LogP contribution in [0, 0.1) is 13.8 Å². The Morgan fingerprint density at radius 2 is 1.87 bits per heavy atom. The molecule has 0 aliphatic heterocycles. The fraction of sp³-hybridized carbons (Fsp3) is 0.214. The van der Waals surface area contributed by atoms with E-state index < -0.39 is 17.6 Å². The highest BCUT2D eigenvalue weighted by Crippen LogP contribution is 2.33. The monoisotopic (exact) mass is 533 g/mol. The molecule has 11 heteroatoms. The highest BCUT2D eigenvalue weighted by atomic mass is 19.4. The lowest BCUT2D eigenvalue weighted by atomic mass is 10.0. The van der Waals surface area contributed by atoms with E-state index in [9.17, 15) is 18.0 Å². The van der Waals surface area contributed by atoms with Gasteiger partial charge in [0.25, 0.3) is 5.91 Å². The number of alkyl halides is 3. The van der Waals surface area contributed by atoms with Crippen LogP contribution in [0.4, 0.5) is 24.5 Å². The van der Waals surface area contributed by atoms with Gasteiger partial charge in [-0.05, 0) is 62.2 Å². The Bertz CT molecular complexity index is 1650. The Balaban J connectivity index is 1.41. The van der Waals surface area contributed by atoms with Gasteiger partial charge in [-0.15, -0.1) is 0 Å². The van der Waals surface area contributed by atoms with Crippen LogP contribution in [0.5, 0.6) is 0 Å². The SMILES string of the molecule is CCN(Cc1cc(C(=O)Nc2cc(-n3cnc(C)c3)cc(C(F)(F)F)c2)ccc1C)c1cnc2ccnn2c1. The third-order valence-corrected chi connectivity index (χ3v) is 6.47. The van der Waals surface area contributed by atoms with Gasteiger partial charge in [0.2, 0.25) is 0 Å². The summed E-state index contributed by atoms with van der Waals surface area (Å²) < 4.78 is 44.1. The molecular formula is C28H26F3N7O. The average Bonchev–Trinajstić information content (AvgIpc) is 3.56. The van der Waals surface area contributed by atoms with Gasteiger partial charge in [0.05, 0.1) is 41.9 Å². The van der Waals surface area contributed by atoms with Gasteiger partial charge in [-0.3, -0.25) is 4.79 Å². The van der Waals surface area contributed by atoms with Gasteiger partial charge in [0, 0.05) is 42.3 Å². The second-order valence-electron chi connectivity index (χ2n) is 9.24. The zero-order chi connectivity index (χ0) is 27.7. The van der Waals surface area contributed by atoms with E-state index in [4.69, 9.17) is 0 Å². The van der Waals surface area contributed by atoms with E-state index in [1.165, 1.54) is 17.0 Å². The number of nitrogens with zero attached hydrogens (tertiary/aromatic N) is 6. The van der Waals surface area contributed by atoms with Gasteiger partial charge in [0.1, 0.15) is 0 Å². The molecular weight excluding hydrogens is 507 g/mol. The molecule has 0 radical (unpaired) electrons. The van der Waals surface area contributed by atoms with Crippen LogP contribution in [-0.2, 0) is 12.7 Å². The van der Waals surface area contributed by atoms with Gasteiger partial charge < -0.3 is 14.8 Å². The Kier molecular flexibility index (Phi) is 6.81. The van der Waals surface area contributed by atoms with Gasteiger partial charge in [-0.25, -0.2) is 14.5 Å². The molecule has 0 unspecified atom stereocenters. The van der Waals surface area contributed by atoms with Gasteiger partial charge in [-0.1, -0.05) is 6.07 Å². The number of aromatic nitrogens is 5. The predicted octanol–water partition coefficient (Wildman–Crippen LogP) is 5.83. The number of benzene rings is 2. The summed E-state index contributed by atoms with van der Waals surface area (Å²) in [5, 5.41) is 6.89. The van der Waals surface area contributed by atoms with Gasteiger partial charge >= 0.3 is 6.18 Å². The first-order valence-corrected chi connectivity index (χ1v) is 12.3. The van der Waals surface area contributed by atoms with Gasteiger partial charge in [-0.2, -0.15) is 18.3 Å². The molecule has 0 bridgehead atoms. The number of imidazole rings is 1. The lowest BCUT2D eigenvalue weighted by Crippen LogP contribution is -2.23. The van der Waals surface area contributed by atoms with Crippen LogP contribution < -0.4 is 10.2 Å². The Morgan fingerprint density at radius 1 is 1.05 bits per heavy atom. The quantitative estimate of drug-likeness (QED) is 0.285. The molecule has 0 fully saturated rings. The molecule has 0 aliphatic rings. The molecule has 1 amide bonds. The zero-order valence-electron chi connectivity index (χ0n) is 21.6. The van der Waals surface area contributed by atoms with Crippen molar-refractivity contribution in [2.24, 2.45) is 0 Å². The van der Waals surface area contributed by atoms with Crippen LogP contribution >= 0.6 is 0 Å². The number of hydrogen-bond donors (Lipinski definition) is 1. The van der Waals surface area contributed by atoms with E-state index in [1.807, 2.05) is 32.2 Å². The van der Waals surface area contributed by atoms with E-state index in [0.29, 0.717) is 24.3 Å². The molecule has 0 spiro atoms. The second-order valence-corrected chi connectivity index (χ2v) is 9.24. The molecule has 1 N–H and O–H groups in total. The first-order chi connectivity index (χ1) is 18.6. The van der Waals surface area contributed by atoms with Crippen molar-refractivity contribution in [3.63, 3.8) is 0 Å². The van der Waals surface area contributed by atoms with Gasteiger partial charge in [0.15, 0.2) is 5.65 Å². The Labute approximate surface area is 222 Å². The zero-order valence-corrected chi connectivity index (χ0v) is 21.6. The van der Waals surface area contributed by atoms with Crippen molar-refractivity contribution in [2.45, 2.75) is 33.5 Å². The molecule has 2 aromatic carbocycles. The van der Waals surface area contributed by atoms with Crippen molar-refractivity contribution in [3.05, 3.63) is 102 Å². The van der Waals surface area contributed by atoms with E-state index in [1.54, 1.807) is 42.2 Å². The molecule has 5 rings (SSSR count). The number of aryl methyl sites for hydroxylation is 2. The minimum absolute atomic E-state index is 0.0343. The highest BCUT2D eigenvalue weighted by Gasteiger charge is 2.31. The molecule has 200 valence electrons. The molecule has 0 saturated heterocycles. The summed E-state index contributed by atoms with van der Waals surface area (Å²) in [6.07, 6.45) is 3.82. The fourth-order valence-corrected chi connectivity index (χ4v) is 4.30. The van der Waals surface area contributed by atoms with E-state index in [2.05, 4.69) is 25.3 Å². The lowest BCUT2D eigenvalue weighted by molar-refractivity contribution is -0.137. The minimum Gasteiger partial charge on any atom is -0.365 e. The standard InChI is InChI=1S/C28H26F3N7O/c1-4-36(25-13-32-26-7-8-34-38(26)16-25)15-21-9-20(6-5-18(21)2)27(39)35-23-10-22(28(29,30)31)11-24(12-23)37-14-19(3)33-17-37/h5-14,16-17H,4,15H2,1-3H3,(H,35,39). The summed E-state index contributed by atoms with van der Waals surface area (Å²) in [5.74, 6) is -0.508. The van der Waals surface area contributed by atoms with Crippen molar-refractivity contribution < 1.29 is 18.0 Å². The topological polar surface area (TPSA) is 80.3 Å². The average molecular weight is 534 g/mol. The number of amides is 1.